The first-order valence-corrected chi connectivity index (χ1v) is 13.3. The van der Waals surface area contributed by atoms with E-state index in [1.54, 1.807) is 12.1 Å². The number of rotatable bonds is 12. The number of carbonyl (C=O) groups is 4. The van der Waals surface area contributed by atoms with Crippen molar-refractivity contribution < 1.29 is 29.4 Å². The highest BCUT2D eigenvalue weighted by Crippen LogP contribution is 2.21. The van der Waals surface area contributed by atoms with Gasteiger partial charge in [-0.05, 0) is 54.9 Å². The Bertz CT molecular complexity index is 1140. The summed E-state index contributed by atoms with van der Waals surface area (Å²) in [5, 5.41) is 24.7. The quantitative estimate of drug-likeness (QED) is 0.274. The van der Waals surface area contributed by atoms with Gasteiger partial charge in [-0.3, -0.25) is 14.4 Å². The fraction of sp³-hybridized carbons (Fsp3) is 0.448. The molecule has 0 aromatic heterocycles. The molecule has 2 aromatic rings. The Labute approximate surface area is 228 Å². The largest absolute Gasteiger partial charge is 0.508 e. The molecule has 1 heterocycles. The minimum Gasteiger partial charge on any atom is -0.508 e. The molecule has 0 bridgehead atoms. The van der Waals surface area contributed by atoms with Gasteiger partial charge in [0.25, 0.3) is 0 Å². The van der Waals surface area contributed by atoms with Gasteiger partial charge in [0.15, 0.2) is 0 Å². The summed E-state index contributed by atoms with van der Waals surface area (Å²) in [6, 6.07) is 11.7. The summed E-state index contributed by atoms with van der Waals surface area (Å²) in [6.45, 7) is 4.12. The number of aliphatic carboxylic acids is 1. The van der Waals surface area contributed by atoms with Gasteiger partial charge in [0.2, 0.25) is 17.7 Å². The van der Waals surface area contributed by atoms with Crippen LogP contribution in [0.4, 0.5) is 0 Å². The minimum absolute atomic E-state index is 0.0366. The summed E-state index contributed by atoms with van der Waals surface area (Å²) in [7, 11) is 0. The second kappa shape index (κ2) is 13.7. The van der Waals surface area contributed by atoms with Crippen molar-refractivity contribution in [3.8, 4) is 5.75 Å². The van der Waals surface area contributed by atoms with Crippen LogP contribution in [0.1, 0.15) is 44.2 Å². The lowest BCUT2D eigenvalue weighted by atomic mass is 9.99. The summed E-state index contributed by atoms with van der Waals surface area (Å²) in [5.74, 6) is -2.51. The molecule has 210 valence electrons. The van der Waals surface area contributed by atoms with Gasteiger partial charge in [0.1, 0.15) is 23.9 Å². The highest BCUT2D eigenvalue weighted by atomic mass is 16.4. The van der Waals surface area contributed by atoms with E-state index in [9.17, 15) is 29.4 Å². The average Bonchev–Trinajstić information content (AvgIpc) is 3.39. The maximum atomic E-state index is 13.6. The number of carboxylic acid groups (broad SMARTS) is 1. The van der Waals surface area contributed by atoms with Crippen LogP contribution in [0.5, 0.6) is 5.75 Å². The van der Waals surface area contributed by atoms with Crippen LogP contribution in [0.3, 0.4) is 0 Å². The molecule has 1 aliphatic rings. The number of hydrogen-bond acceptors (Lipinski definition) is 6. The number of hydrogen-bond donors (Lipinski definition) is 5. The predicted molar refractivity (Wildman–Crippen MR) is 146 cm³/mol. The van der Waals surface area contributed by atoms with Crippen LogP contribution in [-0.4, -0.2) is 69.5 Å². The molecule has 0 radical (unpaired) electrons. The Morgan fingerprint density at radius 2 is 1.54 bits per heavy atom. The summed E-state index contributed by atoms with van der Waals surface area (Å²) >= 11 is 0. The van der Waals surface area contributed by atoms with E-state index in [1.807, 2.05) is 44.2 Å². The molecule has 10 heteroatoms. The maximum Gasteiger partial charge on any atom is 0.326 e. The molecule has 3 rings (SSSR count). The van der Waals surface area contributed by atoms with Crippen LogP contribution >= 0.6 is 0 Å². The fourth-order valence-corrected chi connectivity index (χ4v) is 4.77. The van der Waals surface area contributed by atoms with Gasteiger partial charge in [-0.1, -0.05) is 56.3 Å². The average molecular weight is 539 g/mol. The molecule has 0 saturated carbocycles. The zero-order chi connectivity index (χ0) is 28.5. The molecule has 1 fully saturated rings. The van der Waals surface area contributed by atoms with E-state index < -0.39 is 47.9 Å². The Morgan fingerprint density at radius 1 is 0.923 bits per heavy atom. The Balaban J connectivity index is 1.79. The third-order valence-electron chi connectivity index (χ3n) is 6.79. The zero-order valence-corrected chi connectivity index (χ0v) is 22.4. The monoisotopic (exact) mass is 538 g/mol. The normalized spacial score (nSPS) is 17.3. The van der Waals surface area contributed by atoms with Crippen LogP contribution in [-0.2, 0) is 32.0 Å². The first kappa shape index (κ1) is 29.6. The molecule has 1 aliphatic heterocycles. The summed E-state index contributed by atoms with van der Waals surface area (Å²) in [5.41, 5.74) is 7.72. The van der Waals surface area contributed by atoms with Crippen molar-refractivity contribution in [2.45, 2.75) is 70.1 Å². The summed E-state index contributed by atoms with van der Waals surface area (Å²) < 4.78 is 0. The maximum absolute atomic E-state index is 13.6. The van der Waals surface area contributed by atoms with Gasteiger partial charge in [0, 0.05) is 13.0 Å². The second-order valence-electron chi connectivity index (χ2n) is 10.4. The van der Waals surface area contributed by atoms with Crippen molar-refractivity contribution in [1.82, 2.24) is 15.5 Å². The Kier molecular flexibility index (Phi) is 10.4. The molecule has 10 nitrogen and oxygen atoms in total. The highest BCUT2D eigenvalue weighted by Gasteiger charge is 2.38. The SMILES string of the molecule is CC(C)CC(NC(=O)C(Cc1ccc(O)cc1)NC(=O)C(N)Cc1ccccc1)C(=O)N1CCCC1C(=O)O. The molecule has 4 unspecified atom stereocenters. The lowest BCUT2D eigenvalue weighted by Crippen LogP contribution is -2.58. The van der Waals surface area contributed by atoms with Crippen molar-refractivity contribution in [2.75, 3.05) is 6.54 Å². The van der Waals surface area contributed by atoms with Crippen molar-refractivity contribution in [3.05, 3.63) is 65.7 Å². The van der Waals surface area contributed by atoms with Crippen LogP contribution in [0.25, 0.3) is 0 Å². The van der Waals surface area contributed by atoms with Crippen molar-refractivity contribution in [3.63, 3.8) is 0 Å². The molecule has 4 atom stereocenters. The van der Waals surface area contributed by atoms with E-state index >= 15 is 0 Å². The molecule has 39 heavy (non-hydrogen) atoms. The van der Waals surface area contributed by atoms with Gasteiger partial charge in [-0.25, -0.2) is 4.79 Å². The standard InChI is InChI=1S/C29H38N4O6/c1-18(2)15-24(28(37)33-14-6-9-25(33)29(38)39)32-27(36)23(17-20-10-12-21(34)13-11-20)31-26(35)22(30)16-19-7-4-3-5-8-19/h3-5,7-8,10-13,18,22-25,34H,6,9,14-17,30H2,1-2H3,(H,31,35)(H,32,36)(H,38,39). The lowest BCUT2D eigenvalue weighted by Gasteiger charge is -2.30. The molecular weight excluding hydrogens is 500 g/mol. The van der Waals surface area contributed by atoms with Gasteiger partial charge < -0.3 is 31.5 Å². The Morgan fingerprint density at radius 3 is 2.15 bits per heavy atom. The minimum atomic E-state index is -1.07. The fourth-order valence-electron chi connectivity index (χ4n) is 4.77. The molecular formula is C29H38N4O6. The van der Waals surface area contributed by atoms with E-state index in [-0.39, 0.29) is 24.5 Å². The Hall–Kier alpha value is -3.92. The third kappa shape index (κ3) is 8.54. The number of phenolic OH excluding ortho intramolecular Hbond substituents is 1. The third-order valence-corrected chi connectivity index (χ3v) is 6.79. The number of nitrogens with two attached hydrogens (primary N) is 1. The van der Waals surface area contributed by atoms with E-state index in [2.05, 4.69) is 10.6 Å². The molecule has 2 aromatic carbocycles. The van der Waals surface area contributed by atoms with Gasteiger partial charge in [0.05, 0.1) is 6.04 Å². The van der Waals surface area contributed by atoms with Gasteiger partial charge >= 0.3 is 5.97 Å². The van der Waals surface area contributed by atoms with Crippen LogP contribution in [0.15, 0.2) is 54.6 Å². The molecule has 0 aliphatic carbocycles. The molecule has 6 N–H and O–H groups in total. The van der Waals surface area contributed by atoms with E-state index in [0.717, 1.165) is 5.56 Å². The van der Waals surface area contributed by atoms with Gasteiger partial charge in [-0.2, -0.15) is 0 Å². The van der Waals surface area contributed by atoms with Crippen molar-refractivity contribution in [1.29, 1.82) is 0 Å². The highest BCUT2D eigenvalue weighted by molar-refractivity contribution is 5.94. The first-order valence-electron chi connectivity index (χ1n) is 13.3. The number of carboxylic acids is 1. The van der Waals surface area contributed by atoms with E-state index in [1.165, 1.54) is 17.0 Å². The zero-order valence-electron chi connectivity index (χ0n) is 22.4. The number of likely N-dealkylation sites (tertiary alicyclic amines) is 1. The topological polar surface area (TPSA) is 162 Å². The van der Waals surface area contributed by atoms with Crippen LogP contribution in [0, 0.1) is 5.92 Å². The van der Waals surface area contributed by atoms with Crippen molar-refractivity contribution in [2.24, 2.45) is 11.7 Å². The first-order chi connectivity index (χ1) is 18.5. The smallest absolute Gasteiger partial charge is 0.326 e. The number of aromatic hydroxyl groups is 1. The molecule has 3 amide bonds. The van der Waals surface area contributed by atoms with Crippen LogP contribution < -0.4 is 16.4 Å². The second-order valence-corrected chi connectivity index (χ2v) is 10.4. The van der Waals surface area contributed by atoms with Gasteiger partial charge in [-0.15, -0.1) is 0 Å². The van der Waals surface area contributed by atoms with E-state index in [4.69, 9.17) is 5.73 Å². The number of carbonyl (C=O) groups excluding carboxylic acids is 3. The summed E-state index contributed by atoms with van der Waals surface area (Å²) in [4.78, 5) is 53.0. The number of phenols is 1. The molecule has 0 spiro atoms. The lowest BCUT2D eigenvalue weighted by molar-refractivity contribution is -0.149. The summed E-state index contributed by atoms with van der Waals surface area (Å²) in [6.07, 6.45) is 1.62. The molecule has 1 saturated heterocycles. The number of nitrogens with zero attached hydrogens (tertiary/aromatic N) is 1. The van der Waals surface area contributed by atoms with E-state index in [0.29, 0.717) is 31.4 Å². The number of nitrogens with one attached hydrogen (secondary N) is 2. The number of benzene rings is 2. The van der Waals surface area contributed by atoms with Crippen molar-refractivity contribution >= 4 is 23.7 Å². The predicted octanol–water partition coefficient (Wildman–Crippen LogP) is 1.60. The van der Waals surface area contributed by atoms with Crippen LogP contribution in [0.2, 0.25) is 0 Å². The number of amides is 3.